The van der Waals surface area contributed by atoms with Crippen LogP contribution in [0.5, 0.6) is 0 Å². The Hall–Kier alpha value is -6.40. The predicted octanol–water partition coefficient (Wildman–Crippen LogP) is 7.68. The van der Waals surface area contributed by atoms with Crippen molar-refractivity contribution in [2.45, 2.75) is 34.9 Å². The Labute approximate surface area is 346 Å². The van der Waals surface area contributed by atoms with Gasteiger partial charge in [-0.2, -0.15) is 8.42 Å². The molecule has 1 N–H and O–H groups in total. The van der Waals surface area contributed by atoms with Crippen molar-refractivity contribution in [1.29, 1.82) is 0 Å². The molecule has 11 heteroatoms. The lowest BCUT2D eigenvalue weighted by Gasteiger charge is -2.52. The van der Waals surface area contributed by atoms with Crippen molar-refractivity contribution in [3.63, 3.8) is 0 Å². The molecule has 1 fully saturated rings. The van der Waals surface area contributed by atoms with Gasteiger partial charge < -0.3 is 8.92 Å². The molecule has 6 aromatic carbocycles. The zero-order valence-electron chi connectivity index (χ0n) is 32.0. The SMILES string of the molecule is Cc1ccc(S(=O)(=O)O/C=C/C2=C(C(=O)OC(c3ccccc3)c3ccccc3)N3C(=O)C(NC(c4ccccc4)(c4ccccc4)c4ccccc4)C3S(=O)C2)cc1. The number of allylic oxidation sites excluding steroid dienone is 1. The minimum atomic E-state index is -4.24. The maximum Gasteiger partial charge on any atom is 0.356 e. The molecular weight excluding hydrogens is 781 g/mol. The number of β-lactam (4-membered cyclic amide) rings is 1. The predicted molar refractivity (Wildman–Crippen MR) is 226 cm³/mol. The molecular formula is C48H40N2O7S2. The van der Waals surface area contributed by atoms with Gasteiger partial charge in [0, 0.05) is 0 Å². The number of nitrogens with one attached hydrogen (secondary N) is 1. The minimum absolute atomic E-state index is 0.0622. The van der Waals surface area contributed by atoms with E-state index < -0.39 is 55.9 Å². The summed E-state index contributed by atoms with van der Waals surface area (Å²) in [5, 5.41) is 2.68. The van der Waals surface area contributed by atoms with E-state index in [9.17, 15) is 22.2 Å². The van der Waals surface area contributed by atoms with E-state index in [1.165, 1.54) is 23.1 Å². The number of benzene rings is 6. The van der Waals surface area contributed by atoms with E-state index in [4.69, 9.17) is 8.92 Å². The van der Waals surface area contributed by atoms with Crippen LogP contribution in [0.3, 0.4) is 0 Å². The summed E-state index contributed by atoms with van der Waals surface area (Å²) in [4.78, 5) is 30.6. The van der Waals surface area contributed by atoms with Crippen molar-refractivity contribution < 1.29 is 31.1 Å². The summed E-state index contributed by atoms with van der Waals surface area (Å²) < 4.78 is 52.3. The zero-order chi connectivity index (χ0) is 41.0. The number of hydrogen-bond donors (Lipinski definition) is 1. The third-order valence-corrected chi connectivity index (χ3v) is 13.4. The fourth-order valence-electron chi connectivity index (χ4n) is 7.66. The van der Waals surface area contributed by atoms with E-state index in [1.807, 2.05) is 159 Å². The van der Waals surface area contributed by atoms with E-state index in [2.05, 4.69) is 5.32 Å². The van der Waals surface area contributed by atoms with Crippen LogP contribution in [-0.4, -0.2) is 46.6 Å². The van der Waals surface area contributed by atoms with Crippen molar-refractivity contribution >= 4 is 32.8 Å². The van der Waals surface area contributed by atoms with Gasteiger partial charge in [-0.1, -0.05) is 169 Å². The van der Waals surface area contributed by atoms with Gasteiger partial charge in [-0.15, -0.1) is 0 Å². The maximum atomic E-state index is 14.8. The molecule has 2 heterocycles. The number of fused-ring (bicyclic) bond motifs is 1. The highest BCUT2D eigenvalue weighted by Gasteiger charge is 2.59. The van der Waals surface area contributed by atoms with E-state index in [1.54, 1.807) is 12.1 Å². The molecule has 0 aromatic heterocycles. The second-order valence-electron chi connectivity index (χ2n) is 14.2. The van der Waals surface area contributed by atoms with Crippen LogP contribution in [0.2, 0.25) is 0 Å². The topological polar surface area (TPSA) is 119 Å². The lowest BCUT2D eigenvalue weighted by Crippen LogP contribution is -2.75. The van der Waals surface area contributed by atoms with E-state index in [0.717, 1.165) is 28.5 Å². The highest BCUT2D eigenvalue weighted by Crippen LogP contribution is 2.43. The van der Waals surface area contributed by atoms with Crippen LogP contribution in [0.4, 0.5) is 0 Å². The van der Waals surface area contributed by atoms with Crippen molar-refractivity contribution in [2.75, 3.05) is 5.75 Å². The van der Waals surface area contributed by atoms with Crippen LogP contribution in [0, 0.1) is 6.92 Å². The van der Waals surface area contributed by atoms with Gasteiger partial charge in [0.2, 0.25) is 5.91 Å². The first kappa shape index (κ1) is 39.4. The minimum Gasteiger partial charge on any atom is -0.448 e. The number of esters is 1. The van der Waals surface area contributed by atoms with Gasteiger partial charge in [-0.3, -0.25) is 19.2 Å². The van der Waals surface area contributed by atoms with Gasteiger partial charge in [-0.05, 0) is 58.5 Å². The van der Waals surface area contributed by atoms with Gasteiger partial charge in [0.1, 0.15) is 28.3 Å². The highest BCUT2D eigenvalue weighted by atomic mass is 32.2. The fraction of sp³-hybridized carbons (Fsp3) is 0.125. The summed E-state index contributed by atoms with van der Waals surface area (Å²) in [7, 11) is -6.02. The monoisotopic (exact) mass is 820 g/mol. The summed E-state index contributed by atoms with van der Waals surface area (Å²) >= 11 is 0. The number of amides is 1. The average molecular weight is 821 g/mol. The molecule has 0 radical (unpaired) electrons. The zero-order valence-corrected chi connectivity index (χ0v) is 33.6. The summed E-state index contributed by atoms with van der Waals surface area (Å²) in [6, 6.07) is 52.8. The molecule has 296 valence electrons. The van der Waals surface area contributed by atoms with Crippen LogP contribution < -0.4 is 5.32 Å². The fourth-order valence-corrected chi connectivity index (χ4v) is 10.1. The Kier molecular flexibility index (Phi) is 11.2. The number of rotatable bonds is 13. The molecule has 0 saturated carbocycles. The first-order chi connectivity index (χ1) is 28.7. The van der Waals surface area contributed by atoms with Crippen LogP contribution in [-0.2, 0) is 45.0 Å². The Morgan fingerprint density at radius 3 is 1.66 bits per heavy atom. The lowest BCUT2D eigenvalue weighted by molar-refractivity contribution is -0.154. The highest BCUT2D eigenvalue weighted by molar-refractivity contribution is 7.87. The largest absolute Gasteiger partial charge is 0.448 e. The Morgan fingerprint density at radius 2 is 1.19 bits per heavy atom. The lowest BCUT2D eigenvalue weighted by atomic mass is 9.76. The number of ether oxygens (including phenoxy) is 1. The van der Waals surface area contributed by atoms with Crippen LogP contribution in [0.15, 0.2) is 204 Å². The molecule has 0 bridgehead atoms. The Bertz CT molecular complexity index is 2500. The van der Waals surface area contributed by atoms with Crippen molar-refractivity contribution in [1.82, 2.24) is 10.2 Å². The second-order valence-corrected chi connectivity index (χ2v) is 17.3. The number of carbonyl (C=O) groups is 2. The van der Waals surface area contributed by atoms with Gasteiger partial charge in [0.05, 0.1) is 22.1 Å². The molecule has 6 aromatic rings. The molecule has 1 amide bonds. The van der Waals surface area contributed by atoms with Crippen LogP contribution >= 0.6 is 0 Å². The van der Waals surface area contributed by atoms with Crippen LogP contribution in [0.1, 0.15) is 39.5 Å². The van der Waals surface area contributed by atoms with E-state index in [-0.39, 0.29) is 21.9 Å². The smallest absolute Gasteiger partial charge is 0.356 e. The first-order valence-electron chi connectivity index (χ1n) is 19.0. The average Bonchev–Trinajstić information content (AvgIpc) is 3.27. The molecule has 59 heavy (non-hydrogen) atoms. The second kappa shape index (κ2) is 16.8. The number of hydrogen-bond acceptors (Lipinski definition) is 8. The van der Waals surface area contributed by atoms with Crippen molar-refractivity contribution in [3.8, 4) is 0 Å². The number of aryl methyl sites for hydroxylation is 1. The van der Waals surface area contributed by atoms with E-state index in [0.29, 0.717) is 11.1 Å². The maximum absolute atomic E-state index is 14.8. The summed E-state index contributed by atoms with van der Waals surface area (Å²) in [5.74, 6) is -1.55. The number of nitrogens with zero attached hydrogens (tertiary/aromatic N) is 1. The third kappa shape index (κ3) is 7.80. The van der Waals surface area contributed by atoms with Gasteiger partial charge in [-0.25, -0.2) is 4.79 Å². The Morgan fingerprint density at radius 1 is 0.729 bits per heavy atom. The quantitative estimate of drug-likeness (QED) is 0.0415. The van der Waals surface area contributed by atoms with Crippen molar-refractivity contribution in [3.05, 3.63) is 233 Å². The van der Waals surface area contributed by atoms with E-state index >= 15 is 0 Å². The van der Waals surface area contributed by atoms with Crippen LogP contribution in [0.25, 0.3) is 0 Å². The third-order valence-electron chi connectivity index (χ3n) is 10.5. The molecule has 3 atom stereocenters. The molecule has 2 aliphatic heterocycles. The molecule has 9 nitrogen and oxygen atoms in total. The molecule has 8 rings (SSSR count). The molecule has 0 aliphatic carbocycles. The number of carbonyl (C=O) groups excluding carboxylic acids is 2. The molecule has 0 spiro atoms. The normalized spacial score (nSPS) is 18.0. The molecule has 1 saturated heterocycles. The van der Waals surface area contributed by atoms with Gasteiger partial charge >= 0.3 is 16.1 Å². The molecule has 2 aliphatic rings. The van der Waals surface area contributed by atoms with Crippen molar-refractivity contribution in [2.24, 2.45) is 0 Å². The summed E-state index contributed by atoms with van der Waals surface area (Å²) in [5.41, 5.74) is 3.72. The Balaban J connectivity index is 1.20. The summed E-state index contributed by atoms with van der Waals surface area (Å²) in [6.45, 7) is 1.84. The van der Waals surface area contributed by atoms with Gasteiger partial charge in [0.15, 0.2) is 6.10 Å². The standard InChI is InChI=1S/C48H40N2O7S2/c1-34-27-29-41(30-28-34)59(54,55)56-32-31-37-33-58(53)46-42(49-48(38-21-11-4-12-22-38,39-23-13-5-14-24-39)40-25-15-6-16-26-40)45(51)50(46)43(37)47(52)57-44(35-17-7-2-8-18-35)36-19-9-3-10-20-36/h2-32,42,44,46,49H,33H2,1H3/b32-31+. The summed E-state index contributed by atoms with van der Waals surface area (Å²) in [6.07, 6.45) is 1.35. The first-order valence-corrected chi connectivity index (χ1v) is 21.8. The van der Waals surface area contributed by atoms with Gasteiger partial charge in [0.25, 0.3) is 0 Å². The molecule has 3 unspecified atom stereocenters.